The molecule has 1 heterocycles. The summed E-state index contributed by atoms with van der Waals surface area (Å²) < 4.78 is 5.79. The topological polar surface area (TPSA) is 24.5 Å². The van der Waals surface area contributed by atoms with Crippen LogP contribution in [0.5, 0.6) is 0 Å². The Morgan fingerprint density at radius 2 is 2.14 bits per heavy atom. The SMILES string of the molecule is CCOC1CCCN(Cc2cccc(CNC(C)C)c2)C1. The second-order valence-electron chi connectivity index (χ2n) is 6.31. The van der Waals surface area contributed by atoms with Crippen molar-refractivity contribution < 1.29 is 4.74 Å². The van der Waals surface area contributed by atoms with E-state index in [1.807, 2.05) is 0 Å². The summed E-state index contributed by atoms with van der Waals surface area (Å²) in [6, 6.07) is 9.49. The molecule has 1 N–H and O–H groups in total. The van der Waals surface area contributed by atoms with Gasteiger partial charge in [0.15, 0.2) is 0 Å². The molecule has 1 unspecified atom stereocenters. The summed E-state index contributed by atoms with van der Waals surface area (Å²) in [6.45, 7) is 11.5. The molecule has 1 aromatic carbocycles. The van der Waals surface area contributed by atoms with E-state index < -0.39 is 0 Å². The summed E-state index contributed by atoms with van der Waals surface area (Å²) >= 11 is 0. The molecule has 3 nitrogen and oxygen atoms in total. The first-order chi connectivity index (χ1) is 10.2. The van der Waals surface area contributed by atoms with Gasteiger partial charge in [-0.15, -0.1) is 0 Å². The van der Waals surface area contributed by atoms with Crippen LogP contribution < -0.4 is 5.32 Å². The second-order valence-corrected chi connectivity index (χ2v) is 6.31. The lowest BCUT2D eigenvalue weighted by Crippen LogP contribution is -2.39. The Balaban J connectivity index is 1.88. The van der Waals surface area contributed by atoms with Crippen LogP contribution in [0.4, 0.5) is 0 Å². The van der Waals surface area contributed by atoms with Crippen LogP contribution in [-0.2, 0) is 17.8 Å². The Morgan fingerprint density at radius 3 is 2.90 bits per heavy atom. The Kier molecular flexibility index (Phi) is 6.68. The number of piperidine rings is 1. The fourth-order valence-electron chi connectivity index (χ4n) is 2.95. The van der Waals surface area contributed by atoms with Gasteiger partial charge in [0.05, 0.1) is 6.10 Å². The number of rotatable bonds is 7. The molecule has 1 aromatic rings. The van der Waals surface area contributed by atoms with Crippen LogP contribution >= 0.6 is 0 Å². The van der Waals surface area contributed by atoms with Gasteiger partial charge in [0.25, 0.3) is 0 Å². The van der Waals surface area contributed by atoms with Crippen LogP contribution in [-0.4, -0.2) is 36.7 Å². The number of nitrogens with one attached hydrogen (secondary N) is 1. The molecule has 0 amide bonds. The van der Waals surface area contributed by atoms with Crippen molar-refractivity contribution in [3.05, 3.63) is 35.4 Å². The van der Waals surface area contributed by atoms with Gasteiger partial charge in [-0.2, -0.15) is 0 Å². The highest BCUT2D eigenvalue weighted by atomic mass is 16.5. The molecule has 1 aliphatic rings. The van der Waals surface area contributed by atoms with Crippen LogP contribution in [0.25, 0.3) is 0 Å². The van der Waals surface area contributed by atoms with Crippen molar-refractivity contribution in [1.82, 2.24) is 10.2 Å². The average molecular weight is 290 g/mol. The zero-order valence-electron chi connectivity index (χ0n) is 13.8. The Bertz CT molecular complexity index is 417. The van der Waals surface area contributed by atoms with Crippen molar-refractivity contribution >= 4 is 0 Å². The van der Waals surface area contributed by atoms with Crippen LogP contribution in [0.15, 0.2) is 24.3 Å². The first kappa shape index (κ1) is 16.5. The number of likely N-dealkylation sites (tertiary alicyclic amines) is 1. The summed E-state index contributed by atoms with van der Waals surface area (Å²) in [5.74, 6) is 0. The summed E-state index contributed by atoms with van der Waals surface area (Å²) in [6.07, 6.45) is 2.89. The van der Waals surface area contributed by atoms with E-state index in [-0.39, 0.29) is 0 Å². The zero-order valence-corrected chi connectivity index (χ0v) is 13.8. The lowest BCUT2D eigenvalue weighted by atomic mass is 10.1. The summed E-state index contributed by atoms with van der Waals surface area (Å²) in [4.78, 5) is 2.53. The maximum atomic E-state index is 5.79. The van der Waals surface area contributed by atoms with E-state index in [9.17, 15) is 0 Å². The monoisotopic (exact) mass is 290 g/mol. The van der Waals surface area contributed by atoms with Gasteiger partial charge in [0.2, 0.25) is 0 Å². The van der Waals surface area contributed by atoms with E-state index in [0.29, 0.717) is 12.1 Å². The van der Waals surface area contributed by atoms with Gasteiger partial charge in [-0.3, -0.25) is 4.90 Å². The second kappa shape index (κ2) is 8.52. The maximum Gasteiger partial charge on any atom is 0.0702 e. The molecular formula is C18H30N2O. The predicted molar refractivity (Wildman–Crippen MR) is 88.3 cm³/mol. The van der Waals surface area contributed by atoms with Gasteiger partial charge in [-0.05, 0) is 37.4 Å². The molecule has 21 heavy (non-hydrogen) atoms. The Hall–Kier alpha value is -0.900. The molecule has 0 aromatic heterocycles. The molecule has 0 bridgehead atoms. The normalized spacial score (nSPS) is 20.1. The van der Waals surface area contributed by atoms with Crippen molar-refractivity contribution in [2.45, 2.75) is 58.8 Å². The van der Waals surface area contributed by atoms with Gasteiger partial charge >= 0.3 is 0 Å². The third-order valence-electron chi connectivity index (χ3n) is 3.98. The van der Waals surface area contributed by atoms with E-state index in [4.69, 9.17) is 4.74 Å². The number of hydrogen-bond donors (Lipinski definition) is 1. The van der Waals surface area contributed by atoms with E-state index in [1.54, 1.807) is 0 Å². The van der Waals surface area contributed by atoms with Crippen LogP contribution in [0.1, 0.15) is 44.7 Å². The van der Waals surface area contributed by atoms with Crippen molar-refractivity contribution in [3.8, 4) is 0 Å². The molecule has 0 radical (unpaired) electrons. The minimum Gasteiger partial charge on any atom is -0.377 e. The third-order valence-corrected chi connectivity index (χ3v) is 3.98. The van der Waals surface area contributed by atoms with E-state index in [1.165, 1.54) is 30.5 Å². The van der Waals surface area contributed by atoms with Gasteiger partial charge in [0.1, 0.15) is 0 Å². The fraction of sp³-hybridized carbons (Fsp3) is 0.667. The fourth-order valence-corrected chi connectivity index (χ4v) is 2.95. The molecule has 3 heteroatoms. The van der Waals surface area contributed by atoms with Crippen molar-refractivity contribution in [3.63, 3.8) is 0 Å². The van der Waals surface area contributed by atoms with Crippen molar-refractivity contribution in [2.75, 3.05) is 19.7 Å². The largest absolute Gasteiger partial charge is 0.377 e. The molecule has 1 aliphatic heterocycles. The molecule has 0 spiro atoms. The van der Waals surface area contributed by atoms with Gasteiger partial charge in [-0.1, -0.05) is 38.1 Å². The maximum absolute atomic E-state index is 5.79. The molecule has 1 fully saturated rings. The minimum atomic E-state index is 0.426. The first-order valence-corrected chi connectivity index (χ1v) is 8.32. The quantitative estimate of drug-likeness (QED) is 0.834. The Morgan fingerprint density at radius 1 is 1.33 bits per heavy atom. The third kappa shape index (κ3) is 5.77. The average Bonchev–Trinajstić information content (AvgIpc) is 2.46. The standard InChI is InChI=1S/C18H30N2O/c1-4-21-18-9-6-10-20(14-18)13-17-8-5-7-16(11-17)12-19-15(2)3/h5,7-8,11,15,18-19H,4,6,9-10,12-14H2,1-3H3. The highest BCUT2D eigenvalue weighted by Gasteiger charge is 2.19. The van der Waals surface area contributed by atoms with E-state index in [2.05, 4.69) is 55.3 Å². The number of ether oxygens (including phenoxy) is 1. The number of nitrogens with zero attached hydrogens (tertiary/aromatic N) is 1. The highest BCUT2D eigenvalue weighted by Crippen LogP contribution is 2.16. The summed E-state index contributed by atoms with van der Waals surface area (Å²) in [5.41, 5.74) is 2.79. The van der Waals surface area contributed by atoms with Crippen LogP contribution in [0.2, 0.25) is 0 Å². The van der Waals surface area contributed by atoms with Crippen molar-refractivity contribution in [2.24, 2.45) is 0 Å². The van der Waals surface area contributed by atoms with E-state index >= 15 is 0 Å². The van der Waals surface area contributed by atoms with Gasteiger partial charge in [-0.25, -0.2) is 0 Å². The number of hydrogen-bond acceptors (Lipinski definition) is 3. The lowest BCUT2D eigenvalue weighted by Gasteiger charge is -2.32. The predicted octanol–water partition coefficient (Wildman–Crippen LogP) is 3.19. The Labute approximate surface area is 129 Å². The molecule has 2 rings (SSSR count). The van der Waals surface area contributed by atoms with Gasteiger partial charge in [0, 0.05) is 32.3 Å². The van der Waals surface area contributed by atoms with Gasteiger partial charge < -0.3 is 10.1 Å². The lowest BCUT2D eigenvalue weighted by molar-refractivity contribution is 0.00363. The highest BCUT2D eigenvalue weighted by molar-refractivity contribution is 5.23. The molecule has 1 saturated heterocycles. The molecular weight excluding hydrogens is 260 g/mol. The minimum absolute atomic E-state index is 0.426. The van der Waals surface area contributed by atoms with E-state index in [0.717, 1.165) is 26.2 Å². The molecule has 118 valence electrons. The number of benzene rings is 1. The summed E-state index contributed by atoms with van der Waals surface area (Å²) in [7, 11) is 0. The van der Waals surface area contributed by atoms with Crippen LogP contribution in [0.3, 0.4) is 0 Å². The van der Waals surface area contributed by atoms with Crippen LogP contribution in [0, 0.1) is 0 Å². The molecule has 1 atom stereocenters. The summed E-state index contributed by atoms with van der Waals surface area (Å²) in [5, 5.41) is 3.48. The molecule has 0 aliphatic carbocycles. The smallest absolute Gasteiger partial charge is 0.0702 e. The zero-order chi connectivity index (χ0) is 15.1. The van der Waals surface area contributed by atoms with Crippen molar-refractivity contribution in [1.29, 1.82) is 0 Å². The first-order valence-electron chi connectivity index (χ1n) is 8.32. The molecule has 0 saturated carbocycles.